The van der Waals surface area contributed by atoms with Gasteiger partial charge in [0.1, 0.15) is 10.7 Å². The van der Waals surface area contributed by atoms with Crippen LogP contribution >= 0.6 is 11.3 Å². The first-order valence-corrected chi connectivity index (χ1v) is 11.5. The minimum Gasteiger partial charge on any atom is -0.477 e. The van der Waals surface area contributed by atoms with E-state index in [0.29, 0.717) is 15.8 Å². The van der Waals surface area contributed by atoms with Crippen molar-refractivity contribution in [2.75, 3.05) is 0 Å². The molecule has 11 heteroatoms. The highest BCUT2D eigenvalue weighted by Crippen LogP contribution is 2.42. The van der Waals surface area contributed by atoms with E-state index in [1.807, 2.05) is 0 Å². The molecule has 36 heavy (non-hydrogen) atoms. The Hall–Kier alpha value is -3.60. The van der Waals surface area contributed by atoms with Crippen LogP contribution in [0.3, 0.4) is 0 Å². The van der Waals surface area contributed by atoms with Gasteiger partial charge in [-0.3, -0.25) is 0 Å². The fourth-order valence-electron chi connectivity index (χ4n) is 4.39. The number of thiazole rings is 1. The van der Waals surface area contributed by atoms with Gasteiger partial charge in [-0.05, 0) is 29.8 Å². The number of rotatable bonds is 4. The van der Waals surface area contributed by atoms with Crippen LogP contribution in [0.4, 0.5) is 26.3 Å². The lowest BCUT2D eigenvalue weighted by atomic mass is 9.97. The lowest BCUT2D eigenvalue weighted by Gasteiger charge is -2.18. The Kier molecular flexibility index (Phi) is 5.70. The van der Waals surface area contributed by atoms with E-state index < -0.39 is 29.8 Å². The highest BCUT2D eigenvalue weighted by atomic mass is 32.1. The third kappa shape index (κ3) is 4.27. The summed E-state index contributed by atoms with van der Waals surface area (Å²) >= 11 is 1.08. The molecular weight excluding hydrogens is 506 g/mol. The normalized spacial score (nSPS) is 15.9. The summed E-state index contributed by atoms with van der Waals surface area (Å²) in [5.74, 6) is -3.01. The number of hydrogen-bond donors (Lipinski definition) is 1. The minimum atomic E-state index is -4.56. The van der Waals surface area contributed by atoms with Gasteiger partial charge in [0.2, 0.25) is 0 Å². The molecule has 2 aromatic heterocycles. The fraction of sp³-hybridized carbons (Fsp3) is 0.200. The lowest BCUT2D eigenvalue weighted by Crippen LogP contribution is -2.24. The van der Waals surface area contributed by atoms with E-state index in [2.05, 4.69) is 4.98 Å². The molecule has 1 N–H and O–H groups in total. The van der Waals surface area contributed by atoms with Gasteiger partial charge >= 0.3 is 18.3 Å². The summed E-state index contributed by atoms with van der Waals surface area (Å²) in [7, 11) is 0. The number of benzene rings is 2. The Morgan fingerprint density at radius 2 is 1.83 bits per heavy atom. The van der Waals surface area contributed by atoms with Crippen molar-refractivity contribution in [1.82, 2.24) is 9.55 Å². The Balaban J connectivity index is 1.65. The molecule has 186 valence electrons. The molecule has 1 aliphatic rings. The van der Waals surface area contributed by atoms with Crippen LogP contribution in [-0.2, 0) is 19.1 Å². The van der Waals surface area contributed by atoms with Crippen LogP contribution < -0.4 is 0 Å². The first-order valence-electron chi connectivity index (χ1n) is 10.7. The predicted molar refractivity (Wildman–Crippen MR) is 123 cm³/mol. The van der Waals surface area contributed by atoms with E-state index in [9.17, 15) is 36.2 Å². The highest BCUT2D eigenvalue weighted by Gasteiger charge is 2.40. The van der Waals surface area contributed by atoms with E-state index in [1.165, 1.54) is 22.8 Å². The Morgan fingerprint density at radius 1 is 1.08 bits per heavy atom. The smallest absolute Gasteiger partial charge is 0.416 e. The number of carbonyl (C=O) groups is 1. The van der Waals surface area contributed by atoms with Gasteiger partial charge in [-0.1, -0.05) is 36.4 Å². The van der Waals surface area contributed by atoms with Crippen LogP contribution in [0.2, 0.25) is 0 Å². The van der Waals surface area contributed by atoms with Crippen molar-refractivity contribution in [3.05, 3.63) is 82.0 Å². The Bertz CT molecular complexity index is 1510. The van der Waals surface area contributed by atoms with Crippen molar-refractivity contribution in [3.8, 4) is 10.6 Å². The fourth-order valence-corrected chi connectivity index (χ4v) is 5.45. The molecule has 0 spiro atoms. The largest absolute Gasteiger partial charge is 0.477 e. The number of carboxylic acids is 1. The minimum absolute atomic E-state index is 0.160. The number of allylic oxidation sites excluding steroid dienone is 1. The molecule has 1 aliphatic carbocycles. The third-order valence-electron chi connectivity index (χ3n) is 6.02. The molecule has 1 unspecified atom stereocenters. The number of nitrogens with zero attached hydrogens (tertiary/aromatic N) is 2. The first kappa shape index (κ1) is 24.1. The van der Waals surface area contributed by atoms with Crippen molar-refractivity contribution in [2.24, 2.45) is 5.92 Å². The molecule has 0 amide bonds. The summed E-state index contributed by atoms with van der Waals surface area (Å²) in [6, 6.07) is 11.3. The van der Waals surface area contributed by atoms with Gasteiger partial charge in [-0.2, -0.15) is 26.3 Å². The molecule has 4 nitrogen and oxygen atoms in total. The zero-order valence-electron chi connectivity index (χ0n) is 18.2. The number of alkyl halides is 6. The highest BCUT2D eigenvalue weighted by molar-refractivity contribution is 7.16. The Morgan fingerprint density at radius 3 is 2.53 bits per heavy atom. The average Bonchev–Trinajstić information content (AvgIpc) is 3.37. The van der Waals surface area contributed by atoms with Crippen molar-refractivity contribution >= 4 is 34.3 Å². The third-order valence-corrected chi connectivity index (χ3v) is 7.10. The van der Waals surface area contributed by atoms with Crippen molar-refractivity contribution in [3.63, 3.8) is 0 Å². The monoisotopic (exact) mass is 522 g/mol. The predicted octanol–water partition coefficient (Wildman–Crippen LogP) is 7.28. The van der Waals surface area contributed by atoms with Crippen molar-refractivity contribution in [1.29, 1.82) is 0 Å². The summed E-state index contributed by atoms with van der Waals surface area (Å²) in [5, 5.41) is 10.9. The topological polar surface area (TPSA) is 55.1 Å². The summed E-state index contributed by atoms with van der Waals surface area (Å²) < 4.78 is 80.8. The van der Waals surface area contributed by atoms with Crippen molar-refractivity contribution < 1.29 is 36.2 Å². The molecule has 0 fully saturated rings. The van der Waals surface area contributed by atoms with E-state index in [0.717, 1.165) is 29.5 Å². The molecule has 1 atom stereocenters. The second kappa shape index (κ2) is 8.51. The molecule has 4 aromatic rings. The van der Waals surface area contributed by atoms with E-state index in [4.69, 9.17) is 0 Å². The SMILES string of the molecule is O=C(O)c1c(-c2nc3c(s2)C=CC(C(F)(F)F)C3)c2ccccc2n1Cc1cccc(C(F)(F)F)c1. The summed E-state index contributed by atoms with van der Waals surface area (Å²) in [6.07, 6.45) is -6.92. The van der Waals surface area contributed by atoms with Crippen LogP contribution in [0.1, 0.15) is 32.2 Å². The van der Waals surface area contributed by atoms with Crippen LogP contribution in [-0.4, -0.2) is 26.8 Å². The maximum absolute atomic E-state index is 13.2. The van der Waals surface area contributed by atoms with E-state index >= 15 is 0 Å². The molecule has 0 saturated carbocycles. The van der Waals surface area contributed by atoms with E-state index in [1.54, 1.807) is 24.3 Å². The number of aromatic nitrogens is 2. The van der Waals surface area contributed by atoms with Gasteiger partial charge in [0.15, 0.2) is 0 Å². The second-order valence-corrected chi connectivity index (χ2v) is 9.40. The van der Waals surface area contributed by atoms with Gasteiger partial charge < -0.3 is 9.67 Å². The number of aromatic carboxylic acids is 1. The van der Waals surface area contributed by atoms with Crippen molar-refractivity contribution in [2.45, 2.75) is 25.3 Å². The summed E-state index contributed by atoms with van der Waals surface area (Å²) in [6.45, 7) is -0.160. The van der Waals surface area contributed by atoms with Crippen LogP contribution in [0, 0.1) is 5.92 Å². The van der Waals surface area contributed by atoms with Gasteiger partial charge in [-0.25, -0.2) is 9.78 Å². The van der Waals surface area contributed by atoms with Gasteiger partial charge in [0.25, 0.3) is 0 Å². The summed E-state index contributed by atoms with van der Waals surface area (Å²) in [4.78, 5) is 17.3. The quantitative estimate of drug-likeness (QED) is 0.287. The molecule has 0 radical (unpaired) electrons. The van der Waals surface area contributed by atoms with Gasteiger partial charge in [0.05, 0.1) is 27.6 Å². The number of halogens is 6. The molecule has 0 saturated heterocycles. The molecule has 2 heterocycles. The van der Waals surface area contributed by atoms with Gasteiger partial charge in [0, 0.05) is 23.9 Å². The van der Waals surface area contributed by atoms with Crippen LogP contribution in [0.15, 0.2) is 54.6 Å². The standard InChI is InChI=1S/C25H16F6N2O2S/c26-24(27,28)14-5-3-4-13(10-14)12-33-18-7-2-1-6-16(18)20(21(33)23(34)35)22-32-17-11-15(25(29,30)31)8-9-19(17)36-22/h1-10,15H,11-12H2,(H,34,35). The zero-order chi connectivity index (χ0) is 25.8. The molecule has 5 rings (SSSR count). The van der Waals surface area contributed by atoms with Crippen LogP contribution in [0.25, 0.3) is 27.6 Å². The first-order chi connectivity index (χ1) is 16.9. The maximum Gasteiger partial charge on any atom is 0.416 e. The molecule has 2 aromatic carbocycles. The average molecular weight is 522 g/mol. The number of para-hydroxylation sites is 1. The number of fused-ring (bicyclic) bond motifs is 2. The van der Waals surface area contributed by atoms with Crippen LogP contribution in [0.5, 0.6) is 0 Å². The molecule has 0 bridgehead atoms. The van der Waals surface area contributed by atoms with E-state index in [-0.39, 0.29) is 40.5 Å². The number of hydrogen-bond acceptors (Lipinski definition) is 3. The second-order valence-electron chi connectivity index (χ2n) is 8.37. The lowest BCUT2D eigenvalue weighted by molar-refractivity contribution is -0.160. The molecular formula is C25H16F6N2O2S. The number of carboxylic acid groups (broad SMARTS) is 1. The summed E-state index contributed by atoms with van der Waals surface area (Å²) in [5.41, 5.74) is 0.101. The molecule has 0 aliphatic heterocycles. The zero-order valence-corrected chi connectivity index (χ0v) is 19.0. The van der Waals surface area contributed by atoms with Gasteiger partial charge in [-0.15, -0.1) is 11.3 Å². The Labute approximate surface area is 204 Å². The maximum atomic E-state index is 13.2.